The van der Waals surface area contributed by atoms with Gasteiger partial charge in [-0.3, -0.25) is 4.79 Å². The Hall–Kier alpha value is -2.48. The molecule has 0 N–H and O–H groups in total. The Bertz CT molecular complexity index is 751. The van der Waals surface area contributed by atoms with E-state index in [2.05, 4.69) is 39.5 Å². The van der Waals surface area contributed by atoms with Crippen molar-refractivity contribution in [3.05, 3.63) is 36.2 Å². The van der Waals surface area contributed by atoms with Crippen molar-refractivity contribution in [2.45, 2.75) is 39.2 Å². The molecular weight excluding hydrogens is 368 g/mol. The van der Waals surface area contributed by atoms with Crippen molar-refractivity contribution in [3.8, 4) is 5.75 Å². The van der Waals surface area contributed by atoms with Crippen LogP contribution < -0.4 is 4.74 Å². The SMILES string of the molecule is CCN(C[C@@H]1CCCN(CCc2cccc(OC)c2)C1)C(=O)CCn1cnnn1. The summed E-state index contributed by atoms with van der Waals surface area (Å²) in [6.07, 6.45) is 5.38. The molecule has 0 radical (unpaired) electrons. The molecule has 1 aromatic heterocycles. The van der Waals surface area contributed by atoms with E-state index < -0.39 is 0 Å². The molecule has 8 heteroatoms. The summed E-state index contributed by atoms with van der Waals surface area (Å²) in [6, 6.07) is 8.30. The van der Waals surface area contributed by atoms with Crippen molar-refractivity contribution in [2.75, 3.05) is 39.8 Å². The van der Waals surface area contributed by atoms with Gasteiger partial charge in [-0.05, 0) is 66.8 Å². The number of amides is 1. The van der Waals surface area contributed by atoms with Crippen molar-refractivity contribution >= 4 is 5.91 Å². The number of nitrogens with zero attached hydrogens (tertiary/aromatic N) is 6. The number of aryl methyl sites for hydroxylation is 1. The predicted octanol–water partition coefficient (Wildman–Crippen LogP) is 1.87. The Morgan fingerprint density at radius 3 is 3.00 bits per heavy atom. The second kappa shape index (κ2) is 10.9. The molecule has 1 fully saturated rings. The number of methoxy groups -OCH3 is 1. The molecule has 158 valence electrons. The van der Waals surface area contributed by atoms with Crippen molar-refractivity contribution in [1.82, 2.24) is 30.0 Å². The monoisotopic (exact) mass is 400 g/mol. The Morgan fingerprint density at radius 1 is 1.34 bits per heavy atom. The van der Waals surface area contributed by atoms with Crippen LogP contribution in [-0.2, 0) is 17.8 Å². The minimum atomic E-state index is 0.177. The fourth-order valence-electron chi connectivity index (χ4n) is 3.99. The second-order valence-electron chi connectivity index (χ2n) is 7.67. The molecule has 1 saturated heterocycles. The first-order valence-corrected chi connectivity index (χ1v) is 10.5. The standard InChI is InChI=1S/C21H32N6O2/c1-3-26(21(28)10-13-27-17-22-23-24-27)16-19-7-5-11-25(15-19)12-9-18-6-4-8-20(14-18)29-2/h4,6,8,14,17,19H,3,5,7,9-13,15-16H2,1-2H3/t19-/m1/s1. The quantitative estimate of drug-likeness (QED) is 0.606. The Kier molecular flexibility index (Phi) is 7.98. The van der Waals surface area contributed by atoms with E-state index in [9.17, 15) is 4.79 Å². The Labute approximate surface area is 172 Å². The Morgan fingerprint density at radius 2 is 2.24 bits per heavy atom. The number of benzene rings is 1. The molecule has 0 saturated carbocycles. The first-order valence-electron chi connectivity index (χ1n) is 10.5. The van der Waals surface area contributed by atoms with Gasteiger partial charge in [-0.25, -0.2) is 4.68 Å². The molecule has 3 rings (SSSR count). The molecule has 0 bridgehead atoms. The molecule has 0 spiro atoms. The van der Waals surface area contributed by atoms with Crippen LogP contribution in [0.1, 0.15) is 31.7 Å². The van der Waals surface area contributed by atoms with Crippen molar-refractivity contribution in [2.24, 2.45) is 5.92 Å². The maximum Gasteiger partial charge on any atom is 0.224 e. The fourth-order valence-corrected chi connectivity index (χ4v) is 3.99. The lowest BCUT2D eigenvalue weighted by atomic mass is 9.96. The van der Waals surface area contributed by atoms with Crippen molar-refractivity contribution in [1.29, 1.82) is 0 Å². The summed E-state index contributed by atoms with van der Waals surface area (Å²) in [5, 5.41) is 11.0. The number of carbonyl (C=O) groups is 1. The molecule has 0 aliphatic carbocycles. The van der Waals surface area contributed by atoms with Crippen molar-refractivity contribution < 1.29 is 9.53 Å². The van der Waals surface area contributed by atoms with E-state index in [1.54, 1.807) is 18.1 Å². The largest absolute Gasteiger partial charge is 0.497 e. The van der Waals surface area contributed by atoms with Crippen LogP contribution in [0.4, 0.5) is 0 Å². The van der Waals surface area contributed by atoms with Crippen LogP contribution in [0.25, 0.3) is 0 Å². The number of ether oxygens (including phenoxy) is 1. The van der Waals surface area contributed by atoms with E-state index in [1.165, 1.54) is 18.4 Å². The third-order valence-corrected chi connectivity index (χ3v) is 5.61. The molecular formula is C21H32N6O2. The van der Waals surface area contributed by atoms with Gasteiger partial charge in [0.1, 0.15) is 12.1 Å². The summed E-state index contributed by atoms with van der Waals surface area (Å²) >= 11 is 0. The smallest absolute Gasteiger partial charge is 0.224 e. The summed E-state index contributed by atoms with van der Waals surface area (Å²) in [4.78, 5) is 17.1. The third-order valence-electron chi connectivity index (χ3n) is 5.61. The van der Waals surface area contributed by atoms with Gasteiger partial charge in [-0.15, -0.1) is 5.10 Å². The van der Waals surface area contributed by atoms with Gasteiger partial charge in [-0.1, -0.05) is 12.1 Å². The molecule has 1 amide bonds. The average molecular weight is 401 g/mol. The van der Waals surface area contributed by atoms with Crippen LogP contribution in [0.5, 0.6) is 5.75 Å². The normalized spacial score (nSPS) is 17.2. The topological polar surface area (TPSA) is 76.4 Å². The molecule has 1 aliphatic rings. The molecule has 8 nitrogen and oxygen atoms in total. The van der Waals surface area contributed by atoms with Gasteiger partial charge < -0.3 is 14.5 Å². The van der Waals surface area contributed by atoms with Crippen molar-refractivity contribution in [3.63, 3.8) is 0 Å². The molecule has 1 aliphatic heterocycles. The van der Waals surface area contributed by atoms with Gasteiger partial charge in [0.05, 0.1) is 13.7 Å². The zero-order chi connectivity index (χ0) is 20.5. The minimum Gasteiger partial charge on any atom is -0.497 e. The Balaban J connectivity index is 1.45. The van der Waals surface area contributed by atoms with Crippen LogP contribution in [0.3, 0.4) is 0 Å². The first-order chi connectivity index (χ1) is 14.2. The zero-order valence-corrected chi connectivity index (χ0v) is 17.5. The van der Waals surface area contributed by atoms with Crippen LogP contribution in [-0.4, -0.2) is 75.7 Å². The maximum atomic E-state index is 12.6. The molecule has 0 unspecified atom stereocenters. The fraction of sp³-hybridized carbons (Fsp3) is 0.619. The average Bonchev–Trinajstić information content (AvgIpc) is 3.28. The van der Waals surface area contributed by atoms with Gasteiger partial charge in [0, 0.05) is 32.6 Å². The highest BCUT2D eigenvalue weighted by molar-refractivity contribution is 5.76. The summed E-state index contributed by atoms with van der Waals surface area (Å²) in [6.45, 7) is 7.40. The van der Waals surface area contributed by atoms with E-state index in [4.69, 9.17) is 4.74 Å². The lowest BCUT2D eigenvalue weighted by molar-refractivity contribution is -0.132. The van der Waals surface area contributed by atoms with Gasteiger partial charge in [0.15, 0.2) is 0 Å². The van der Waals surface area contributed by atoms with Gasteiger partial charge in [0.25, 0.3) is 0 Å². The summed E-state index contributed by atoms with van der Waals surface area (Å²) < 4.78 is 6.93. The lowest BCUT2D eigenvalue weighted by Gasteiger charge is -2.35. The molecule has 2 aromatic rings. The lowest BCUT2D eigenvalue weighted by Crippen LogP contribution is -2.43. The van der Waals surface area contributed by atoms with Crippen LogP contribution >= 0.6 is 0 Å². The highest BCUT2D eigenvalue weighted by Gasteiger charge is 2.23. The molecule has 29 heavy (non-hydrogen) atoms. The van der Waals surface area contributed by atoms with E-state index >= 15 is 0 Å². The van der Waals surface area contributed by atoms with Crippen LogP contribution in [0.2, 0.25) is 0 Å². The summed E-state index contributed by atoms with van der Waals surface area (Å²) in [5.41, 5.74) is 1.31. The molecule has 1 atom stereocenters. The number of aromatic nitrogens is 4. The van der Waals surface area contributed by atoms with Gasteiger partial charge >= 0.3 is 0 Å². The van der Waals surface area contributed by atoms with Crippen LogP contribution in [0, 0.1) is 5.92 Å². The number of rotatable bonds is 10. The highest BCUT2D eigenvalue weighted by Crippen LogP contribution is 2.19. The van der Waals surface area contributed by atoms with E-state index in [0.717, 1.165) is 44.9 Å². The first kappa shape index (κ1) is 21.2. The second-order valence-corrected chi connectivity index (χ2v) is 7.67. The zero-order valence-electron chi connectivity index (χ0n) is 17.5. The van der Waals surface area contributed by atoms with E-state index in [1.807, 2.05) is 17.0 Å². The van der Waals surface area contributed by atoms with E-state index in [-0.39, 0.29) is 5.91 Å². The number of tetrazole rings is 1. The van der Waals surface area contributed by atoms with Crippen LogP contribution in [0.15, 0.2) is 30.6 Å². The van der Waals surface area contributed by atoms with Gasteiger partial charge in [-0.2, -0.15) is 0 Å². The van der Waals surface area contributed by atoms with Gasteiger partial charge in [0.2, 0.25) is 5.91 Å². The molecule has 1 aromatic carbocycles. The summed E-state index contributed by atoms with van der Waals surface area (Å²) in [7, 11) is 1.71. The minimum absolute atomic E-state index is 0.177. The van der Waals surface area contributed by atoms with E-state index in [0.29, 0.717) is 18.9 Å². The predicted molar refractivity (Wildman–Crippen MR) is 111 cm³/mol. The summed E-state index contributed by atoms with van der Waals surface area (Å²) in [5.74, 6) is 1.63. The molecule has 2 heterocycles. The highest BCUT2D eigenvalue weighted by atomic mass is 16.5. The third kappa shape index (κ3) is 6.52. The number of carbonyl (C=O) groups excluding carboxylic acids is 1. The number of hydrogen-bond acceptors (Lipinski definition) is 6. The number of piperidine rings is 1. The maximum absolute atomic E-state index is 12.6. The number of hydrogen-bond donors (Lipinski definition) is 0. The number of likely N-dealkylation sites (tertiary alicyclic amines) is 1.